The zero-order valence-electron chi connectivity index (χ0n) is 20.7. The van der Waals surface area contributed by atoms with Crippen molar-refractivity contribution in [1.82, 2.24) is 14.9 Å². The number of benzene rings is 2. The van der Waals surface area contributed by atoms with Gasteiger partial charge in [-0.15, -0.1) is 0 Å². The number of nitrogens with zero attached hydrogens (tertiary/aromatic N) is 2. The van der Waals surface area contributed by atoms with E-state index in [1.54, 1.807) is 30.3 Å². The highest BCUT2D eigenvalue weighted by atomic mass is 16.5. The van der Waals surface area contributed by atoms with E-state index in [0.717, 1.165) is 39.0 Å². The summed E-state index contributed by atoms with van der Waals surface area (Å²) in [7, 11) is 3.08. The van der Waals surface area contributed by atoms with Gasteiger partial charge in [-0.1, -0.05) is 24.3 Å². The monoisotopic (exact) mass is 500 g/mol. The average Bonchev–Trinajstić information content (AvgIpc) is 3.54. The number of methoxy groups -OCH3 is 2. The molecule has 9 heteroatoms. The number of fused-ring (bicyclic) bond motifs is 1. The van der Waals surface area contributed by atoms with E-state index in [1.807, 2.05) is 42.6 Å². The minimum atomic E-state index is -0.549. The minimum Gasteiger partial charge on any atom is -0.496 e. The van der Waals surface area contributed by atoms with Gasteiger partial charge in [0.2, 0.25) is 5.91 Å². The van der Waals surface area contributed by atoms with Gasteiger partial charge in [0.05, 0.1) is 24.5 Å². The second kappa shape index (κ2) is 10.4. The lowest BCUT2D eigenvalue weighted by molar-refractivity contribution is -0.119. The molecule has 9 nitrogen and oxygen atoms in total. The van der Waals surface area contributed by atoms with Gasteiger partial charge in [-0.05, 0) is 36.2 Å². The molecule has 0 saturated carbocycles. The summed E-state index contributed by atoms with van der Waals surface area (Å²) in [5.41, 5.74) is 4.94. The molecule has 0 aliphatic carbocycles. The van der Waals surface area contributed by atoms with E-state index in [-0.39, 0.29) is 25.0 Å². The van der Waals surface area contributed by atoms with Crippen LogP contribution in [0, 0.1) is 0 Å². The summed E-state index contributed by atoms with van der Waals surface area (Å²) < 4.78 is 10.5. The summed E-state index contributed by atoms with van der Waals surface area (Å²) in [6, 6.07) is 15.1. The van der Waals surface area contributed by atoms with Crippen molar-refractivity contribution in [3.05, 3.63) is 66.5 Å². The van der Waals surface area contributed by atoms with Gasteiger partial charge in [-0.2, -0.15) is 0 Å². The van der Waals surface area contributed by atoms with Crippen molar-refractivity contribution in [2.24, 2.45) is 0 Å². The number of nitrogens with one attached hydrogen (secondary N) is 2. The summed E-state index contributed by atoms with van der Waals surface area (Å²) in [6.07, 6.45) is 3.63. The zero-order valence-corrected chi connectivity index (χ0v) is 20.7. The van der Waals surface area contributed by atoms with Crippen LogP contribution in [-0.4, -0.2) is 71.8 Å². The van der Waals surface area contributed by atoms with E-state index in [1.165, 1.54) is 7.11 Å². The topological polar surface area (TPSA) is 117 Å². The minimum absolute atomic E-state index is 0.127. The number of ether oxygens (including phenoxy) is 2. The Morgan fingerprint density at radius 1 is 1.14 bits per heavy atom. The number of carbonyl (C=O) groups is 2. The lowest BCUT2D eigenvalue weighted by Gasteiger charge is -2.19. The number of aromatic amines is 1. The molecule has 2 aromatic carbocycles. The standard InChI is InChI=1S/C28H28N4O5/c1-36-16-26(34)31-24-8-7-17(11-22(24)28(35)32-10-9-19(33)15-32)18-12-21-23(14-30-27(21)29-13-18)20-5-3-4-6-25(20)37-2/h3-8,11-14,19,33H,9-10,15-16H2,1-2H3,(H,29,30)(H,31,34). The highest BCUT2D eigenvalue weighted by Gasteiger charge is 2.27. The number of aromatic nitrogens is 2. The third kappa shape index (κ3) is 4.91. The van der Waals surface area contributed by atoms with Crippen LogP contribution in [0.3, 0.4) is 0 Å². The molecule has 1 fully saturated rings. The van der Waals surface area contributed by atoms with Crippen molar-refractivity contribution in [3.63, 3.8) is 0 Å². The van der Waals surface area contributed by atoms with Crippen LogP contribution >= 0.6 is 0 Å². The second-order valence-corrected chi connectivity index (χ2v) is 8.96. The van der Waals surface area contributed by atoms with Crippen LogP contribution in [0.25, 0.3) is 33.3 Å². The maximum Gasteiger partial charge on any atom is 0.256 e. The highest BCUT2D eigenvalue weighted by Crippen LogP contribution is 2.36. The van der Waals surface area contributed by atoms with Gasteiger partial charge in [-0.3, -0.25) is 9.59 Å². The molecule has 0 bridgehead atoms. The van der Waals surface area contributed by atoms with Gasteiger partial charge in [0.15, 0.2) is 0 Å². The van der Waals surface area contributed by atoms with Gasteiger partial charge in [0.25, 0.3) is 5.91 Å². The predicted octanol–water partition coefficient (Wildman–Crippen LogP) is 3.70. The molecular weight excluding hydrogens is 472 g/mol. The molecule has 1 saturated heterocycles. The maximum atomic E-state index is 13.4. The summed E-state index contributed by atoms with van der Waals surface area (Å²) in [5, 5.41) is 13.6. The van der Waals surface area contributed by atoms with Gasteiger partial charge >= 0.3 is 0 Å². The van der Waals surface area contributed by atoms with Crippen LogP contribution in [0.5, 0.6) is 5.75 Å². The van der Waals surface area contributed by atoms with E-state index in [2.05, 4.69) is 15.3 Å². The number of aliphatic hydroxyl groups excluding tert-OH is 1. The summed E-state index contributed by atoms with van der Waals surface area (Å²) >= 11 is 0. The second-order valence-electron chi connectivity index (χ2n) is 8.96. The van der Waals surface area contributed by atoms with Gasteiger partial charge < -0.3 is 29.8 Å². The van der Waals surface area contributed by atoms with Crippen LogP contribution in [0.4, 0.5) is 5.69 Å². The van der Waals surface area contributed by atoms with Crippen molar-refractivity contribution in [3.8, 4) is 28.0 Å². The smallest absolute Gasteiger partial charge is 0.256 e. The number of rotatable bonds is 7. The number of hydrogen-bond donors (Lipinski definition) is 3. The maximum absolute atomic E-state index is 13.4. The fourth-order valence-corrected chi connectivity index (χ4v) is 4.68. The largest absolute Gasteiger partial charge is 0.496 e. The lowest BCUT2D eigenvalue weighted by atomic mass is 9.99. The van der Waals surface area contributed by atoms with Crippen LogP contribution in [0.1, 0.15) is 16.8 Å². The first-order valence-electron chi connectivity index (χ1n) is 12.0. The van der Waals surface area contributed by atoms with Crippen LogP contribution < -0.4 is 10.1 Å². The molecule has 2 aromatic heterocycles. The van der Waals surface area contributed by atoms with Crippen LogP contribution in [0.2, 0.25) is 0 Å². The Balaban J connectivity index is 1.57. The third-order valence-electron chi connectivity index (χ3n) is 6.51. The van der Waals surface area contributed by atoms with Crippen LogP contribution in [0.15, 0.2) is 60.9 Å². The number of para-hydroxylation sites is 1. The van der Waals surface area contributed by atoms with Crippen LogP contribution in [-0.2, 0) is 9.53 Å². The Labute approximate surface area is 214 Å². The SMILES string of the molecule is COCC(=O)Nc1ccc(-c2cnc3[nH]cc(-c4ccccc4OC)c3c2)cc1C(=O)N1CCC(O)C1. The average molecular weight is 501 g/mol. The molecular formula is C28H28N4O5. The van der Waals surface area contributed by atoms with Gasteiger partial charge in [-0.25, -0.2) is 4.98 Å². The third-order valence-corrected chi connectivity index (χ3v) is 6.51. The summed E-state index contributed by atoms with van der Waals surface area (Å²) in [5.74, 6) is 0.143. The molecule has 37 heavy (non-hydrogen) atoms. The molecule has 2 amide bonds. The van der Waals surface area contributed by atoms with Crippen molar-refractivity contribution >= 4 is 28.5 Å². The summed E-state index contributed by atoms with van der Waals surface area (Å²) in [6.45, 7) is 0.583. The van der Waals surface area contributed by atoms with E-state index in [0.29, 0.717) is 24.2 Å². The molecule has 1 aliphatic heterocycles. The van der Waals surface area contributed by atoms with E-state index in [4.69, 9.17) is 9.47 Å². The molecule has 3 N–H and O–H groups in total. The lowest BCUT2D eigenvalue weighted by Crippen LogP contribution is -2.30. The zero-order chi connectivity index (χ0) is 25.9. The number of aliphatic hydroxyl groups is 1. The Morgan fingerprint density at radius 3 is 2.73 bits per heavy atom. The number of β-amino-alcohol motifs (C(OH)–C–C–N with tert-alkyl or cyclic N) is 1. The molecule has 0 radical (unpaired) electrons. The molecule has 0 spiro atoms. The first-order valence-corrected chi connectivity index (χ1v) is 12.0. The molecule has 1 atom stereocenters. The van der Waals surface area contributed by atoms with Crippen molar-refractivity contribution < 1.29 is 24.2 Å². The Morgan fingerprint density at radius 2 is 1.97 bits per heavy atom. The van der Waals surface area contributed by atoms with Gasteiger partial charge in [0, 0.05) is 54.7 Å². The molecule has 4 aromatic rings. The predicted molar refractivity (Wildman–Crippen MR) is 141 cm³/mol. The Hall–Kier alpha value is -4.21. The Bertz CT molecular complexity index is 1460. The quantitative estimate of drug-likeness (QED) is 0.356. The number of anilines is 1. The first-order chi connectivity index (χ1) is 18.0. The highest BCUT2D eigenvalue weighted by molar-refractivity contribution is 6.05. The number of H-pyrrole nitrogens is 1. The molecule has 1 unspecified atom stereocenters. The fraction of sp³-hybridized carbons (Fsp3) is 0.250. The first kappa shape index (κ1) is 24.5. The van der Waals surface area contributed by atoms with Crippen molar-refractivity contribution in [2.75, 3.05) is 39.2 Å². The number of pyridine rings is 1. The molecule has 190 valence electrons. The Kier molecular flexibility index (Phi) is 6.89. The van der Waals surface area contributed by atoms with Crippen molar-refractivity contribution in [2.45, 2.75) is 12.5 Å². The van der Waals surface area contributed by atoms with Crippen molar-refractivity contribution in [1.29, 1.82) is 0 Å². The molecule has 5 rings (SSSR count). The van der Waals surface area contributed by atoms with Gasteiger partial charge in [0.1, 0.15) is 18.0 Å². The number of carbonyl (C=O) groups excluding carboxylic acids is 2. The number of hydrogen-bond acceptors (Lipinski definition) is 6. The fourth-order valence-electron chi connectivity index (χ4n) is 4.68. The van der Waals surface area contributed by atoms with E-state index in [9.17, 15) is 14.7 Å². The van der Waals surface area contributed by atoms with E-state index >= 15 is 0 Å². The normalized spacial score (nSPS) is 15.2. The molecule has 1 aliphatic rings. The number of likely N-dealkylation sites (tertiary alicyclic amines) is 1. The number of amides is 2. The summed E-state index contributed by atoms with van der Waals surface area (Å²) in [4.78, 5) is 35.1. The molecule has 3 heterocycles. The van der Waals surface area contributed by atoms with E-state index < -0.39 is 6.10 Å².